The fourth-order valence-electron chi connectivity index (χ4n) is 3.66. The molecule has 36 heavy (non-hydrogen) atoms. The van der Waals surface area contributed by atoms with E-state index in [2.05, 4.69) is 16.8 Å². The molecule has 0 bridgehead atoms. The number of rotatable bonds is 20. The lowest BCUT2D eigenvalue weighted by Crippen LogP contribution is -2.39. The predicted molar refractivity (Wildman–Crippen MR) is 141 cm³/mol. The number of hydrogen-bond acceptors (Lipinski definition) is 6. The summed E-state index contributed by atoms with van der Waals surface area (Å²) in [6.07, 6.45) is 13.0. The van der Waals surface area contributed by atoms with Crippen LogP contribution in [0.15, 0.2) is 24.3 Å². The molecule has 1 unspecified atom stereocenters. The molecule has 1 atom stereocenters. The Balaban J connectivity index is 0.00000283. The van der Waals surface area contributed by atoms with Gasteiger partial charge >= 0.3 is 7.82 Å². The van der Waals surface area contributed by atoms with Gasteiger partial charge in [0.05, 0.1) is 6.04 Å². The van der Waals surface area contributed by atoms with E-state index in [-0.39, 0.29) is 24.2 Å². The van der Waals surface area contributed by atoms with Crippen LogP contribution in [0.1, 0.15) is 96.5 Å². The van der Waals surface area contributed by atoms with Crippen LogP contribution in [0.5, 0.6) is 5.75 Å². The number of hydrogen-bond donors (Lipinski definition) is 5. The highest BCUT2D eigenvalue weighted by Gasteiger charge is 2.19. The number of carboxylic acids is 1. The number of aliphatic carboxylic acids is 1. The minimum absolute atomic E-state index is 0.105. The fraction of sp³-hybridized carbons (Fsp3) is 0.692. The second kappa shape index (κ2) is 21.3. The van der Waals surface area contributed by atoms with Gasteiger partial charge in [0.2, 0.25) is 0 Å². The lowest BCUT2D eigenvalue weighted by Gasteiger charge is -2.18. The van der Waals surface area contributed by atoms with E-state index in [9.17, 15) is 9.36 Å². The molecular weight excluding hydrogens is 485 g/mol. The van der Waals surface area contributed by atoms with Crippen molar-refractivity contribution in [3.05, 3.63) is 29.8 Å². The molecule has 9 nitrogen and oxygen atoms in total. The second-order valence-corrected chi connectivity index (χ2v) is 10.1. The number of benzene rings is 1. The highest BCUT2D eigenvalue weighted by molar-refractivity contribution is 7.46. The molecule has 0 spiro atoms. The summed E-state index contributed by atoms with van der Waals surface area (Å²) in [7, 11) is -4.58. The van der Waals surface area contributed by atoms with Gasteiger partial charge in [-0.3, -0.25) is 19.4 Å². The first kappa shape index (κ1) is 34.2. The Kier molecular flexibility index (Phi) is 20.3. The average Bonchev–Trinajstić information content (AvgIpc) is 2.79. The number of aliphatic hydroxyl groups excluding tert-OH is 1. The number of aliphatic hydroxyl groups is 1. The standard InChI is InChI=1S/C24H42NO6P.C2H4O2/c1-2-3-4-5-8-11-18-25-23(24(27)13-10-7-6-9-12-19-26)20-21-14-16-22(17-15-21)31-32(28,29)30;1-2(3)4/h14-17,23,25-26H,2-13,18-20H2,1H3,(H2,28,29,30);1H3,(H,3,4). The first-order valence-corrected chi connectivity index (χ1v) is 14.5. The summed E-state index contributed by atoms with van der Waals surface area (Å²) >= 11 is 0. The highest BCUT2D eigenvalue weighted by atomic mass is 31.2. The number of Topliss-reactive ketones (excluding diaryl/α,β-unsaturated/α-hetero) is 1. The summed E-state index contributed by atoms with van der Waals surface area (Å²) < 4.78 is 15.6. The van der Waals surface area contributed by atoms with Gasteiger partial charge in [0.15, 0.2) is 0 Å². The van der Waals surface area contributed by atoms with Crippen LogP contribution in [0.4, 0.5) is 0 Å². The van der Waals surface area contributed by atoms with Crippen LogP contribution in [0.2, 0.25) is 0 Å². The number of nitrogens with one attached hydrogen (secondary N) is 1. The van der Waals surface area contributed by atoms with Gasteiger partial charge in [-0.1, -0.05) is 70.4 Å². The first-order valence-electron chi connectivity index (χ1n) is 13.0. The van der Waals surface area contributed by atoms with E-state index in [0.29, 0.717) is 12.8 Å². The van der Waals surface area contributed by atoms with E-state index in [0.717, 1.165) is 64.0 Å². The van der Waals surface area contributed by atoms with Crippen LogP contribution < -0.4 is 9.84 Å². The molecule has 0 aliphatic carbocycles. The smallest absolute Gasteiger partial charge is 0.481 e. The Morgan fingerprint density at radius 3 is 2.00 bits per heavy atom. The summed E-state index contributed by atoms with van der Waals surface area (Å²) in [4.78, 5) is 39.7. The molecule has 0 heterocycles. The monoisotopic (exact) mass is 531 g/mol. The molecule has 0 aliphatic rings. The summed E-state index contributed by atoms with van der Waals surface area (Å²) in [5.74, 6) is -0.526. The maximum atomic E-state index is 12.9. The molecule has 208 valence electrons. The molecule has 1 aromatic rings. The van der Waals surface area contributed by atoms with Crippen molar-refractivity contribution in [3.63, 3.8) is 0 Å². The van der Waals surface area contributed by atoms with E-state index >= 15 is 0 Å². The Morgan fingerprint density at radius 1 is 0.917 bits per heavy atom. The van der Waals surface area contributed by atoms with Gasteiger partial charge in [-0.05, 0) is 49.9 Å². The van der Waals surface area contributed by atoms with Gasteiger partial charge in [-0.25, -0.2) is 4.57 Å². The fourth-order valence-corrected chi connectivity index (χ4v) is 4.05. The topological polar surface area (TPSA) is 153 Å². The maximum absolute atomic E-state index is 12.9. The SMILES string of the molecule is CC(=O)O.CCCCCCCCNC(Cc1ccc(OP(=O)(O)O)cc1)C(=O)CCCCCCCO. The molecule has 10 heteroatoms. The quantitative estimate of drug-likeness (QED) is 0.115. The molecule has 0 aliphatic heterocycles. The number of ketones is 1. The minimum atomic E-state index is -4.58. The average molecular weight is 532 g/mol. The molecular formula is C26H46NO8P. The van der Waals surface area contributed by atoms with Crippen molar-refractivity contribution < 1.29 is 38.7 Å². The van der Waals surface area contributed by atoms with Crippen molar-refractivity contribution in [2.75, 3.05) is 13.2 Å². The van der Waals surface area contributed by atoms with Crippen LogP contribution in [0, 0.1) is 0 Å². The van der Waals surface area contributed by atoms with Crippen molar-refractivity contribution in [2.24, 2.45) is 0 Å². The van der Waals surface area contributed by atoms with Crippen molar-refractivity contribution in [1.82, 2.24) is 5.32 Å². The van der Waals surface area contributed by atoms with E-state index in [1.807, 2.05) is 0 Å². The zero-order chi connectivity index (χ0) is 27.2. The van der Waals surface area contributed by atoms with Gasteiger partial charge < -0.3 is 20.1 Å². The zero-order valence-electron chi connectivity index (χ0n) is 21.9. The number of unbranched alkanes of at least 4 members (excludes halogenated alkanes) is 9. The Labute approximate surface area is 215 Å². The number of phosphoric acid groups is 1. The Bertz CT molecular complexity index is 747. The van der Waals surface area contributed by atoms with Crippen LogP contribution in [-0.4, -0.2) is 50.9 Å². The van der Waals surface area contributed by atoms with Crippen LogP contribution in [-0.2, 0) is 20.6 Å². The minimum Gasteiger partial charge on any atom is -0.481 e. The van der Waals surface area contributed by atoms with Gasteiger partial charge in [-0.15, -0.1) is 0 Å². The number of carbonyl (C=O) groups is 2. The molecule has 0 saturated carbocycles. The predicted octanol–water partition coefficient (Wildman–Crippen LogP) is 5.01. The van der Waals surface area contributed by atoms with E-state index in [1.54, 1.807) is 12.1 Å². The second-order valence-electron chi connectivity index (χ2n) is 8.93. The molecule has 5 N–H and O–H groups in total. The van der Waals surface area contributed by atoms with E-state index in [4.69, 9.17) is 24.8 Å². The van der Waals surface area contributed by atoms with E-state index in [1.165, 1.54) is 37.8 Å². The van der Waals surface area contributed by atoms with Gasteiger partial charge in [0.1, 0.15) is 11.5 Å². The summed E-state index contributed by atoms with van der Waals surface area (Å²) in [6.45, 7) is 4.31. The lowest BCUT2D eigenvalue weighted by atomic mass is 9.98. The molecule has 0 amide bonds. The maximum Gasteiger partial charge on any atom is 0.524 e. The number of carboxylic acid groups (broad SMARTS) is 1. The van der Waals surface area contributed by atoms with E-state index < -0.39 is 13.8 Å². The molecule has 0 aromatic heterocycles. The van der Waals surface area contributed by atoms with Crippen LogP contribution in [0.3, 0.4) is 0 Å². The van der Waals surface area contributed by atoms with Crippen molar-refractivity contribution in [1.29, 1.82) is 0 Å². The third-order valence-corrected chi connectivity index (χ3v) is 5.93. The highest BCUT2D eigenvalue weighted by Crippen LogP contribution is 2.37. The summed E-state index contributed by atoms with van der Waals surface area (Å²) in [5, 5.41) is 19.7. The van der Waals surface area contributed by atoms with Crippen LogP contribution >= 0.6 is 7.82 Å². The van der Waals surface area contributed by atoms with Crippen LogP contribution in [0.25, 0.3) is 0 Å². The van der Waals surface area contributed by atoms with Crippen molar-refractivity contribution >= 4 is 19.6 Å². The van der Waals surface area contributed by atoms with Gasteiger partial charge in [-0.2, -0.15) is 0 Å². The Hall–Kier alpha value is -1.77. The molecule has 0 radical (unpaired) electrons. The summed E-state index contributed by atoms with van der Waals surface area (Å²) in [5.41, 5.74) is 0.916. The number of phosphoric ester groups is 1. The largest absolute Gasteiger partial charge is 0.524 e. The summed E-state index contributed by atoms with van der Waals surface area (Å²) in [6, 6.07) is 6.26. The van der Waals surface area contributed by atoms with Crippen molar-refractivity contribution in [2.45, 2.75) is 103 Å². The Morgan fingerprint density at radius 2 is 1.44 bits per heavy atom. The zero-order valence-corrected chi connectivity index (χ0v) is 22.8. The third-order valence-electron chi connectivity index (χ3n) is 5.48. The van der Waals surface area contributed by atoms with Gasteiger partial charge in [0, 0.05) is 20.0 Å². The van der Waals surface area contributed by atoms with Crippen molar-refractivity contribution in [3.8, 4) is 5.75 Å². The number of carbonyl (C=O) groups excluding carboxylic acids is 1. The molecule has 0 saturated heterocycles. The normalized spacial score (nSPS) is 11.9. The third kappa shape index (κ3) is 21.5. The van der Waals surface area contributed by atoms with Gasteiger partial charge in [0.25, 0.3) is 5.97 Å². The molecule has 0 fully saturated rings. The first-order chi connectivity index (χ1) is 17.1. The lowest BCUT2D eigenvalue weighted by molar-refractivity contribution is -0.134. The molecule has 1 aromatic carbocycles. The molecule has 1 rings (SSSR count).